The predicted molar refractivity (Wildman–Crippen MR) is 62.6 cm³/mol. The first-order valence-electron chi connectivity index (χ1n) is 5.38. The molecule has 0 radical (unpaired) electrons. The quantitative estimate of drug-likeness (QED) is 0.593. The second-order valence-corrected chi connectivity index (χ2v) is 3.92. The molecule has 17 heavy (non-hydrogen) atoms. The number of carbonyl (C=O) groups excluding carboxylic acids is 2. The Morgan fingerprint density at radius 2 is 1.82 bits per heavy atom. The van der Waals surface area contributed by atoms with Crippen molar-refractivity contribution in [3.8, 4) is 5.75 Å². The van der Waals surface area contributed by atoms with E-state index in [1.54, 1.807) is 19.1 Å². The van der Waals surface area contributed by atoms with Gasteiger partial charge in [0.1, 0.15) is 5.75 Å². The molecule has 0 spiro atoms. The number of ether oxygens (including phenoxy) is 2. The molecule has 0 aliphatic heterocycles. The summed E-state index contributed by atoms with van der Waals surface area (Å²) in [5, 5.41) is 0. The molecule has 4 heteroatoms. The van der Waals surface area contributed by atoms with E-state index in [0.717, 1.165) is 5.56 Å². The molecule has 4 nitrogen and oxygen atoms in total. The largest absolute Gasteiger partial charge is 0.469 e. The van der Waals surface area contributed by atoms with Crippen LogP contribution in [0.15, 0.2) is 24.3 Å². The number of hydrogen-bond acceptors (Lipinski definition) is 4. The highest BCUT2D eigenvalue weighted by Crippen LogP contribution is 2.14. The van der Waals surface area contributed by atoms with E-state index in [0.29, 0.717) is 5.75 Å². The lowest BCUT2D eigenvalue weighted by Gasteiger charge is -2.10. The van der Waals surface area contributed by atoms with Gasteiger partial charge in [-0.3, -0.25) is 9.59 Å². The highest BCUT2D eigenvalue weighted by molar-refractivity contribution is 5.80. The molecular weight excluding hydrogens is 220 g/mol. The molecule has 0 heterocycles. The molecule has 0 bridgehead atoms. The molecule has 0 aliphatic rings. The predicted octanol–water partition coefficient (Wildman–Crippen LogP) is 2.10. The molecule has 0 aromatic heterocycles. The van der Waals surface area contributed by atoms with Crippen LogP contribution in [-0.2, 0) is 14.3 Å². The van der Waals surface area contributed by atoms with Gasteiger partial charge in [0.05, 0.1) is 19.4 Å². The van der Waals surface area contributed by atoms with Crippen molar-refractivity contribution in [3.05, 3.63) is 29.8 Å². The van der Waals surface area contributed by atoms with Crippen LogP contribution < -0.4 is 4.74 Å². The van der Waals surface area contributed by atoms with Crippen molar-refractivity contribution < 1.29 is 19.1 Å². The maximum absolute atomic E-state index is 11.6. The third-order valence-corrected chi connectivity index (χ3v) is 2.34. The molecule has 1 rings (SSSR count). The third kappa shape index (κ3) is 4.26. The zero-order chi connectivity index (χ0) is 12.8. The van der Waals surface area contributed by atoms with Gasteiger partial charge in [-0.05, 0) is 19.1 Å². The molecule has 1 aromatic rings. The van der Waals surface area contributed by atoms with E-state index < -0.39 is 17.9 Å². The summed E-state index contributed by atoms with van der Waals surface area (Å²) in [5.41, 5.74) is 1.09. The number of aryl methyl sites for hydroxylation is 1. The Kier molecular flexibility index (Phi) is 4.69. The Morgan fingerprint density at radius 1 is 1.24 bits per heavy atom. The van der Waals surface area contributed by atoms with Gasteiger partial charge in [0, 0.05) is 0 Å². The Bertz CT molecular complexity index is 394. The summed E-state index contributed by atoms with van der Waals surface area (Å²) in [5.74, 6) is -0.876. The normalized spacial score (nSPS) is 11.7. The van der Waals surface area contributed by atoms with E-state index in [1.165, 1.54) is 7.11 Å². The molecule has 0 N–H and O–H groups in total. The molecule has 1 atom stereocenters. The van der Waals surface area contributed by atoms with Gasteiger partial charge in [0.15, 0.2) is 0 Å². The minimum atomic E-state index is -0.510. The molecule has 92 valence electrons. The van der Waals surface area contributed by atoms with Crippen LogP contribution in [0, 0.1) is 12.8 Å². The summed E-state index contributed by atoms with van der Waals surface area (Å²) < 4.78 is 9.62. The van der Waals surface area contributed by atoms with Crippen LogP contribution in [0.5, 0.6) is 5.75 Å². The van der Waals surface area contributed by atoms with Crippen LogP contribution in [0.4, 0.5) is 0 Å². The fourth-order valence-electron chi connectivity index (χ4n) is 1.24. The average Bonchev–Trinajstić information content (AvgIpc) is 2.31. The summed E-state index contributed by atoms with van der Waals surface area (Å²) in [6.07, 6.45) is 0.0290. The average molecular weight is 236 g/mol. The summed E-state index contributed by atoms with van der Waals surface area (Å²) >= 11 is 0. The smallest absolute Gasteiger partial charge is 0.314 e. The number of benzene rings is 1. The van der Waals surface area contributed by atoms with Gasteiger partial charge < -0.3 is 9.47 Å². The van der Waals surface area contributed by atoms with Crippen molar-refractivity contribution in [3.63, 3.8) is 0 Å². The standard InChI is InChI=1S/C13H16O4/c1-9-4-6-11(7-5-9)17-13(15)10(2)8-12(14)16-3/h4-7,10H,8H2,1-3H3/t10-/m0/s1. The van der Waals surface area contributed by atoms with Crippen molar-refractivity contribution in [2.75, 3.05) is 7.11 Å². The third-order valence-electron chi connectivity index (χ3n) is 2.34. The topological polar surface area (TPSA) is 52.6 Å². The van der Waals surface area contributed by atoms with Gasteiger partial charge in [-0.15, -0.1) is 0 Å². The maximum atomic E-state index is 11.6. The summed E-state index contributed by atoms with van der Waals surface area (Å²) in [7, 11) is 1.29. The molecule has 0 unspecified atom stereocenters. The molecule has 0 saturated heterocycles. The lowest BCUT2D eigenvalue weighted by Crippen LogP contribution is -2.21. The maximum Gasteiger partial charge on any atom is 0.314 e. The molecule has 0 aliphatic carbocycles. The first-order chi connectivity index (χ1) is 8.02. The molecule has 0 saturated carbocycles. The van der Waals surface area contributed by atoms with E-state index >= 15 is 0 Å². The van der Waals surface area contributed by atoms with Gasteiger partial charge in [0.2, 0.25) is 0 Å². The number of methoxy groups -OCH3 is 1. The molecular formula is C13H16O4. The Hall–Kier alpha value is -1.84. The van der Waals surface area contributed by atoms with Crippen LogP contribution in [0.2, 0.25) is 0 Å². The highest BCUT2D eigenvalue weighted by Gasteiger charge is 2.19. The van der Waals surface area contributed by atoms with Gasteiger partial charge in [-0.25, -0.2) is 0 Å². The van der Waals surface area contributed by atoms with Gasteiger partial charge in [0.25, 0.3) is 0 Å². The minimum Gasteiger partial charge on any atom is -0.469 e. The van der Waals surface area contributed by atoms with Gasteiger partial charge in [-0.2, -0.15) is 0 Å². The first-order valence-corrected chi connectivity index (χ1v) is 5.38. The molecule has 0 fully saturated rings. The minimum absolute atomic E-state index is 0.0290. The summed E-state index contributed by atoms with van der Waals surface area (Å²) in [4.78, 5) is 22.6. The van der Waals surface area contributed by atoms with Crippen LogP contribution in [-0.4, -0.2) is 19.0 Å². The Labute approximate surface area is 101 Å². The number of rotatable bonds is 4. The Morgan fingerprint density at radius 3 is 2.35 bits per heavy atom. The summed E-state index contributed by atoms with van der Waals surface area (Å²) in [6.45, 7) is 3.58. The second kappa shape index (κ2) is 6.03. The Balaban J connectivity index is 2.54. The highest BCUT2D eigenvalue weighted by atomic mass is 16.5. The van der Waals surface area contributed by atoms with Crippen LogP contribution in [0.3, 0.4) is 0 Å². The summed E-state index contributed by atoms with van der Waals surface area (Å²) in [6, 6.07) is 7.15. The van der Waals surface area contributed by atoms with E-state index in [1.807, 2.05) is 19.1 Å². The fraction of sp³-hybridized carbons (Fsp3) is 0.385. The van der Waals surface area contributed by atoms with Crippen molar-refractivity contribution in [2.24, 2.45) is 5.92 Å². The van der Waals surface area contributed by atoms with E-state index in [9.17, 15) is 9.59 Å². The van der Waals surface area contributed by atoms with Gasteiger partial charge in [-0.1, -0.05) is 24.6 Å². The van der Waals surface area contributed by atoms with Crippen LogP contribution in [0.25, 0.3) is 0 Å². The number of hydrogen-bond donors (Lipinski definition) is 0. The van der Waals surface area contributed by atoms with Crippen LogP contribution >= 0.6 is 0 Å². The van der Waals surface area contributed by atoms with Gasteiger partial charge >= 0.3 is 11.9 Å². The lowest BCUT2D eigenvalue weighted by molar-refractivity contribution is -0.147. The fourth-order valence-corrected chi connectivity index (χ4v) is 1.24. The van der Waals surface area contributed by atoms with Crippen molar-refractivity contribution >= 4 is 11.9 Å². The monoisotopic (exact) mass is 236 g/mol. The second-order valence-electron chi connectivity index (χ2n) is 3.92. The first kappa shape index (κ1) is 13.2. The lowest BCUT2D eigenvalue weighted by atomic mass is 10.1. The zero-order valence-corrected chi connectivity index (χ0v) is 10.2. The van der Waals surface area contributed by atoms with Crippen molar-refractivity contribution in [1.29, 1.82) is 0 Å². The van der Waals surface area contributed by atoms with Crippen LogP contribution in [0.1, 0.15) is 18.9 Å². The van der Waals surface area contributed by atoms with Crippen molar-refractivity contribution in [2.45, 2.75) is 20.3 Å². The number of carbonyl (C=O) groups is 2. The van der Waals surface area contributed by atoms with E-state index in [4.69, 9.17) is 4.74 Å². The van der Waals surface area contributed by atoms with E-state index in [2.05, 4.69) is 4.74 Å². The van der Waals surface area contributed by atoms with E-state index in [-0.39, 0.29) is 6.42 Å². The molecule has 1 aromatic carbocycles. The molecule has 0 amide bonds. The number of esters is 2. The zero-order valence-electron chi connectivity index (χ0n) is 10.2. The van der Waals surface area contributed by atoms with Crippen molar-refractivity contribution in [1.82, 2.24) is 0 Å². The SMILES string of the molecule is COC(=O)C[C@H](C)C(=O)Oc1ccc(C)cc1.